The first-order valence-electron chi connectivity index (χ1n) is 3.95. The number of halogens is 3. The summed E-state index contributed by atoms with van der Waals surface area (Å²) in [5.41, 5.74) is 0. The van der Waals surface area contributed by atoms with Gasteiger partial charge in [-0.25, -0.2) is 0 Å². The lowest BCUT2D eigenvalue weighted by molar-refractivity contribution is -0.185. The minimum absolute atomic E-state index is 0.0248. The van der Waals surface area contributed by atoms with Gasteiger partial charge in [0.2, 0.25) is 0 Å². The number of nitrogens with zero attached hydrogens (tertiary/aromatic N) is 1. The van der Waals surface area contributed by atoms with Crippen molar-refractivity contribution in [3.8, 4) is 0 Å². The molecular weight excluding hydrogens is 183 g/mol. The Kier molecular flexibility index (Phi) is 2.63. The van der Waals surface area contributed by atoms with E-state index in [0.29, 0.717) is 12.8 Å². The lowest BCUT2D eigenvalue weighted by Crippen LogP contribution is -2.42. The zero-order valence-corrected chi connectivity index (χ0v) is 6.97. The Morgan fingerprint density at radius 3 is 2.38 bits per heavy atom. The van der Waals surface area contributed by atoms with E-state index in [2.05, 4.69) is 6.58 Å². The van der Waals surface area contributed by atoms with Gasteiger partial charge in [-0.05, 0) is 12.8 Å². The predicted octanol–water partition coefficient (Wildman–Crippen LogP) is 1.73. The summed E-state index contributed by atoms with van der Waals surface area (Å²) in [5.74, 6) is -1.75. The molecule has 0 aliphatic heterocycles. The molecule has 74 valence electrons. The van der Waals surface area contributed by atoms with Crippen molar-refractivity contribution in [3.63, 3.8) is 0 Å². The summed E-state index contributed by atoms with van der Waals surface area (Å²) in [6, 6.07) is -0.230. The van der Waals surface area contributed by atoms with Crippen molar-refractivity contribution in [2.75, 3.05) is 6.54 Å². The summed E-state index contributed by atoms with van der Waals surface area (Å²) < 4.78 is 36.0. The van der Waals surface area contributed by atoms with Gasteiger partial charge >= 0.3 is 12.1 Å². The van der Waals surface area contributed by atoms with Crippen molar-refractivity contribution in [2.45, 2.75) is 25.1 Å². The second-order valence-corrected chi connectivity index (χ2v) is 2.98. The van der Waals surface area contributed by atoms with E-state index < -0.39 is 12.1 Å². The van der Waals surface area contributed by atoms with E-state index in [9.17, 15) is 18.0 Å². The highest BCUT2D eigenvalue weighted by Crippen LogP contribution is 2.30. The fourth-order valence-electron chi connectivity index (χ4n) is 1.09. The molecule has 1 aliphatic carbocycles. The molecule has 0 saturated heterocycles. The summed E-state index contributed by atoms with van der Waals surface area (Å²) >= 11 is 0. The number of amides is 1. The van der Waals surface area contributed by atoms with Gasteiger partial charge in [0.05, 0.1) is 0 Å². The largest absolute Gasteiger partial charge is 0.471 e. The van der Waals surface area contributed by atoms with Gasteiger partial charge in [0.25, 0.3) is 0 Å². The third kappa shape index (κ3) is 2.47. The standard InChI is InChI=1S/C8H10F3NO/c1-2-5-12(6-3-4-6)7(13)8(9,10)11/h2,6H,1,3-5H2. The van der Waals surface area contributed by atoms with Crippen LogP contribution in [0.4, 0.5) is 13.2 Å². The smallest absolute Gasteiger partial charge is 0.328 e. The first-order chi connectivity index (χ1) is 5.96. The van der Waals surface area contributed by atoms with Crippen LogP contribution < -0.4 is 0 Å². The fourth-order valence-corrected chi connectivity index (χ4v) is 1.09. The van der Waals surface area contributed by atoms with Crippen LogP contribution in [0.25, 0.3) is 0 Å². The van der Waals surface area contributed by atoms with Gasteiger partial charge in [-0.3, -0.25) is 4.79 Å². The first-order valence-corrected chi connectivity index (χ1v) is 3.95. The van der Waals surface area contributed by atoms with Gasteiger partial charge in [0.1, 0.15) is 0 Å². The molecule has 1 aliphatic rings. The molecule has 0 aromatic carbocycles. The third-order valence-electron chi connectivity index (χ3n) is 1.82. The molecule has 0 radical (unpaired) electrons. The zero-order valence-electron chi connectivity index (χ0n) is 6.97. The van der Waals surface area contributed by atoms with Crippen LogP contribution in [-0.4, -0.2) is 29.6 Å². The summed E-state index contributed by atoms with van der Waals surface area (Å²) in [6.07, 6.45) is -2.13. The molecule has 0 bridgehead atoms. The average molecular weight is 193 g/mol. The second-order valence-electron chi connectivity index (χ2n) is 2.98. The summed E-state index contributed by atoms with van der Waals surface area (Å²) in [4.78, 5) is 11.6. The molecule has 2 nitrogen and oxygen atoms in total. The SMILES string of the molecule is C=CCN(C(=O)C(F)(F)F)C1CC1. The minimum atomic E-state index is -4.76. The molecule has 0 N–H and O–H groups in total. The van der Waals surface area contributed by atoms with Crippen LogP contribution in [-0.2, 0) is 4.79 Å². The fraction of sp³-hybridized carbons (Fsp3) is 0.625. The van der Waals surface area contributed by atoms with Crippen LogP contribution in [0.3, 0.4) is 0 Å². The summed E-state index contributed by atoms with van der Waals surface area (Å²) in [7, 11) is 0. The molecule has 1 amide bonds. The van der Waals surface area contributed by atoms with E-state index in [4.69, 9.17) is 0 Å². The Labute approximate surface area is 74.0 Å². The highest BCUT2D eigenvalue weighted by atomic mass is 19.4. The monoisotopic (exact) mass is 193 g/mol. The molecule has 1 rings (SSSR count). The number of hydrogen-bond donors (Lipinski definition) is 0. The topological polar surface area (TPSA) is 20.3 Å². The van der Waals surface area contributed by atoms with Crippen molar-refractivity contribution in [1.29, 1.82) is 0 Å². The molecule has 13 heavy (non-hydrogen) atoms. The van der Waals surface area contributed by atoms with Crippen molar-refractivity contribution in [1.82, 2.24) is 4.90 Å². The highest BCUT2D eigenvalue weighted by Gasteiger charge is 2.46. The van der Waals surface area contributed by atoms with E-state index >= 15 is 0 Å². The van der Waals surface area contributed by atoms with Crippen molar-refractivity contribution >= 4 is 5.91 Å². The van der Waals surface area contributed by atoms with Crippen LogP contribution in [0.5, 0.6) is 0 Å². The number of hydrogen-bond acceptors (Lipinski definition) is 1. The van der Waals surface area contributed by atoms with E-state index in [1.165, 1.54) is 6.08 Å². The Bertz CT molecular complexity index is 220. The van der Waals surface area contributed by atoms with E-state index in [-0.39, 0.29) is 12.6 Å². The van der Waals surface area contributed by atoms with Crippen LogP contribution in [0.2, 0.25) is 0 Å². The van der Waals surface area contributed by atoms with Gasteiger partial charge < -0.3 is 4.90 Å². The molecule has 0 aromatic heterocycles. The lowest BCUT2D eigenvalue weighted by atomic mass is 10.4. The molecule has 0 spiro atoms. The first kappa shape index (κ1) is 10.1. The molecule has 0 atom stereocenters. The van der Waals surface area contributed by atoms with Crippen LogP contribution in [0.1, 0.15) is 12.8 Å². The van der Waals surface area contributed by atoms with Crippen molar-refractivity contribution in [3.05, 3.63) is 12.7 Å². The molecule has 0 aromatic rings. The van der Waals surface area contributed by atoms with Crippen molar-refractivity contribution < 1.29 is 18.0 Å². The maximum Gasteiger partial charge on any atom is 0.471 e. The highest BCUT2D eigenvalue weighted by molar-refractivity contribution is 5.82. The van der Waals surface area contributed by atoms with Gasteiger partial charge in [-0.15, -0.1) is 6.58 Å². The predicted molar refractivity (Wildman–Crippen MR) is 41.0 cm³/mol. The Balaban J connectivity index is 2.63. The Morgan fingerprint density at radius 2 is 2.08 bits per heavy atom. The normalized spacial score (nSPS) is 16.8. The maximum atomic E-state index is 12.0. The van der Waals surface area contributed by atoms with Gasteiger partial charge in [0.15, 0.2) is 0 Å². The lowest BCUT2D eigenvalue weighted by Gasteiger charge is -2.21. The average Bonchev–Trinajstić information content (AvgIpc) is 2.79. The maximum absolute atomic E-state index is 12.0. The Hall–Kier alpha value is -1.00. The molecule has 1 fully saturated rings. The van der Waals surface area contributed by atoms with E-state index in [0.717, 1.165) is 4.90 Å². The van der Waals surface area contributed by atoms with Gasteiger partial charge in [-0.1, -0.05) is 6.08 Å². The summed E-state index contributed by atoms with van der Waals surface area (Å²) in [5, 5.41) is 0. The van der Waals surface area contributed by atoms with Crippen molar-refractivity contribution in [2.24, 2.45) is 0 Å². The molecular formula is C8H10F3NO. The molecule has 0 heterocycles. The number of carbonyl (C=O) groups is 1. The second kappa shape index (κ2) is 3.40. The quantitative estimate of drug-likeness (QED) is 0.625. The zero-order chi connectivity index (χ0) is 10.1. The molecule has 0 unspecified atom stereocenters. The summed E-state index contributed by atoms with van der Waals surface area (Å²) in [6.45, 7) is 3.29. The molecule has 1 saturated carbocycles. The van der Waals surface area contributed by atoms with Gasteiger partial charge in [0, 0.05) is 12.6 Å². The van der Waals surface area contributed by atoms with Gasteiger partial charge in [-0.2, -0.15) is 13.2 Å². The third-order valence-corrected chi connectivity index (χ3v) is 1.82. The minimum Gasteiger partial charge on any atom is -0.328 e. The van der Waals surface area contributed by atoms with Crippen LogP contribution in [0, 0.1) is 0 Å². The van der Waals surface area contributed by atoms with Crippen LogP contribution >= 0.6 is 0 Å². The number of alkyl halides is 3. The Morgan fingerprint density at radius 1 is 1.54 bits per heavy atom. The van der Waals surface area contributed by atoms with E-state index in [1.807, 2.05) is 0 Å². The number of rotatable bonds is 3. The van der Waals surface area contributed by atoms with Crippen LogP contribution in [0.15, 0.2) is 12.7 Å². The molecule has 5 heteroatoms. The number of carbonyl (C=O) groups excluding carboxylic acids is 1. The van der Waals surface area contributed by atoms with E-state index in [1.54, 1.807) is 0 Å².